The number of hydrogen-bond donors (Lipinski definition) is 3. The second kappa shape index (κ2) is 6.86. The van der Waals surface area contributed by atoms with Crippen LogP contribution in [-0.4, -0.2) is 33.0 Å². The van der Waals surface area contributed by atoms with Crippen LogP contribution in [0.5, 0.6) is 5.75 Å². The third-order valence-corrected chi connectivity index (χ3v) is 4.13. The quantitative estimate of drug-likeness (QED) is 0.646. The summed E-state index contributed by atoms with van der Waals surface area (Å²) < 4.78 is 6.86. The van der Waals surface area contributed by atoms with Gasteiger partial charge in [0.25, 0.3) is 5.91 Å². The summed E-state index contributed by atoms with van der Waals surface area (Å²) in [5.74, 6) is 0.471. The summed E-state index contributed by atoms with van der Waals surface area (Å²) in [7, 11) is 1.62. The molecule has 0 saturated heterocycles. The second-order valence-electron chi connectivity index (χ2n) is 5.41. The number of nitrogens with zero attached hydrogens (tertiary/aromatic N) is 3. The monoisotopic (exact) mass is 360 g/mol. The lowest BCUT2D eigenvalue weighted by Gasteiger charge is -2.11. The Morgan fingerprint density at radius 3 is 2.72 bits per heavy atom. The van der Waals surface area contributed by atoms with Crippen molar-refractivity contribution < 1.29 is 9.53 Å². The van der Waals surface area contributed by atoms with Crippen molar-refractivity contribution in [2.45, 2.75) is 13.0 Å². The van der Waals surface area contributed by atoms with Crippen molar-refractivity contribution in [3.05, 3.63) is 52.9 Å². The van der Waals surface area contributed by atoms with Crippen molar-refractivity contribution in [3.8, 4) is 11.4 Å². The number of carbonyl (C=O) groups excluding carboxylic acids is 1. The molecule has 0 unspecified atom stereocenters. The van der Waals surface area contributed by atoms with Crippen molar-refractivity contribution in [3.63, 3.8) is 0 Å². The number of methoxy groups -OCH3 is 1. The van der Waals surface area contributed by atoms with Crippen molar-refractivity contribution in [1.29, 1.82) is 0 Å². The molecule has 1 aromatic carbocycles. The molecular weight excluding hydrogens is 344 g/mol. The van der Waals surface area contributed by atoms with Crippen molar-refractivity contribution >= 4 is 23.3 Å². The van der Waals surface area contributed by atoms with Crippen LogP contribution >= 0.6 is 11.6 Å². The Bertz CT molecular complexity index is 886. The molecular formula is C16H17ClN6O2. The van der Waals surface area contributed by atoms with Gasteiger partial charge in [-0.15, -0.1) is 0 Å². The fourth-order valence-electron chi connectivity index (χ4n) is 2.28. The number of amides is 1. The van der Waals surface area contributed by atoms with Gasteiger partial charge in [-0.05, 0) is 31.2 Å². The Labute approximate surface area is 148 Å². The van der Waals surface area contributed by atoms with E-state index in [1.54, 1.807) is 18.0 Å². The van der Waals surface area contributed by atoms with E-state index in [0.29, 0.717) is 0 Å². The van der Waals surface area contributed by atoms with Crippen LogP contribution < -0.4 is 15.8 Å². The molecule has 1 atom stereocenters. The Kier molecular flexibility index (Phi) is 4.62. The number of nitrogens with two attached hydrogens (primary N) is 1. The summed E-state index contributed by atoms with van der Waals surface area (Å²) in [5.41, 5.74) is 7.39. The highest BCUT2D eigenvalue weighted by molar-refractivity contribution is 6.35. The average molecular weight is 361 g/mol. The molecule has 130 valence electrons. The summed E-state index contributed by atoms with van der Waals surface area (Å²) in [6.07, 6.45) is 3.54. The van der Waals surface area contributed by atoms with Gasteiger partial charge in [-0.25, -0.2) is 4.68 Å². The first kappa shape index (κ1) is 16.8. The number of H-pyrrole nitrogens is 1. The standard InChI is InChI=1S/C16H17ClN6O2/c1-9(20-16(24)14-13(17)15(18)22-21-14)10-7-19-23(8-10)11-3-5-12(25-2)6-4-11/h3-9H,1-2H3,(H,20,24)(H3,18,21,22)/t9-/m0/s1. The second-order valence-corrected chi connectivity index (χ2v) is 5.79. The summed E-state index contributed by atoms with van der Waals surface area (Å²) in [4.78, 5) is 12.2. The summed E-state index contributed by atoms with van der Waals surface area (Å²) >= 11 is 5.94. The molecule has 4 N–H and O–H groups in total. The van der Waals surface area contributed by atoms with Crippen LogP contribution in [0.25, 0.3) is 5.69 Å². The first-order valence-corrected chi connectivity index (χ1v) is 7.86. The Morgan fingerprint density at radius 2 is 2.12 bits per heavy atom. The molecule has 3 aromatic rings. The number of hydrogen-bond acceptors (Lipinski definition) is 5. The highest BCUT2D eigenvalue weighted by Crippen LogP contribution is 2.21. The Morgan fingerprint density at radius 1 is 1.40 bits per heavy atom. The number of aromatic amines is 1. The normalized spacial score (nSPS) is 12.0. The predicted octanol–water partition coefficient (Wildman–Crippen LogP) is 2.33. The molecule has 0 aliphatic heterocycles. The maximum absolute atomic E-state index is 12.2. The van der Waals surface area contributed by atoms with E-state index in [0.717, 1.165) is 17.0 Å². The molecule has 25 heavy (non-hydrogen) atoms. The van der Waals surface area contributed by atoms with E-state index >= 15 is 0 Å². The topological polar surface area (TPSA) is 111 Å². The molecule has 0 saturated carbocycles. The lowest BCUT2D eigenvalue weighted by Crippen LogP contribution is -2.27. The van der Waals surface area contributed by atoms with Gasteiger partial charge in [-0.1, -0.05) is 11.6 Å². The van der Waals surface area contributed by atoms with Gasteiger partial charge in [0.05, 0.1) is 25.0 Å². The van der Waals surface area contributed by atoms with Crippen LogP contribution in [0.2, 0.25) is 5.02 Å². The highest BCUT2D eigenvalue weighted by Gasteiger charge is 2.19. The summed E-state index contributed by atoms with van der Waals surface area (Å²) in [5, 5.41) is 13.5. The van der Waals surface area contributed by atoms with Crippen LogP contribution in [0.3, 0.4) is 0 Å². The van der Waals surface area contributed by atoms with Crippen LogP contribution in [0.1, 0.15) is 29.0 Å². The van der Waals surface area contributed by atoms with Gasteiger partial charge in [0, 0.05) is 11.8 Å². The third kappa shape index (κ3) is 3.43. The number of rotatable bonds is 5. The third-order valence-electron chi connectivity index (χ3n) is 3.75. The fraction of sp³-hybridized carbons (Fsp3) is 0.188. The molecule has 0 aliphatic carbocycles. The maximum atomic E-state index is 12.2. The maximum Gasteiger partial charge on any atom is 0.271 e. The zero-order valence-electron chi connectivity index (χ0n) is 13.7. The summed E-state index contributed by atoms with van der Waals surface area (Å²) in [6.45, 7) is 1.85. The number of halogens is 1. The fourth-order valence-corrected chi connectivity index (χ4v) is 2.45. The molecule has 0 bridgehead atoms. The van der Waals surface area contributed by atoms with Crippen molar-refractivity contribution in [2.24, 2.45) is 0 Å². The minimum Gasteiger partial charge on any atom is -0.497 e. The zero-order chi connectivity index (χ0) is 18.0. The number of carbonyl (C=O) groups is 1. The average Bonchev–Trinajstić information content (AvgIpc) is 3.23. The van der Waals surface area contributed by atoms with Gasteiger partial charge in [-0.3, -0.25) is 9.89 Å². The van der Waals surface area contributed by atoms with E-state index < -0.39 is 0 Å². The van der Waals surface area contributed by atoms with Gasteiger partial charge in [0.2, 0.25) is 0 Å². The van der Waals surface area contributed by atoms with Gasteiger partial charge >= 0.3 is 0 Å². The van der Waals surface area contributed by atoms with E-state index in [2.05, 4.69) is 20.6 Å². The molecule has 8 nitrogen and oxygen atoms in total. The van der Waals surface area contributed by atoms with Gasteiger partial charge < -0.3 is 15.8 Å². The minimum absolute atomic E-state index is 0.0896. The SMILES string of the molecule is COc1ccc(-n2cc([C@H](C)NC(=O)c3[nH]nc(N)c3Cl)cn2)cc1. The van der Waals surface area contributed by atoms with E-state index in [1.165, 1.54) is 0 Å². The van der Waals surface area contributed by atoms with Crippen LogP contribution in [-0.2, 0) is 0 Å². The van der Waals surface area contributed by atoms with Gasteiger partial charge in [0.15, 0.2) is 5.82 Å². The zero-order valence-corrected chi connectivity index (χ0v) is 14.4. The number of nitrogens with one attached hydrogen (secondary N) is 2. The number of nitrogen functional groups attached to an aromatic ring is 1. The molecule has 0 aliphatic rings. The molecule has 9 heteroatoms. The first-order valence-electron chi connectivity index (χ1n) is 7.48. The van der Waals surface area contributed by atoms with Gasteiger partial charge in [0.1, 0.15) is 16.5 Å². The molecule has 3 rings (SSSR count). The minimum atomic E-state index is -0.390. The number of benzene rings is 1. The molecule has 1 amide bonds. The first-order chi connectivity index (χ1) is 12.0. The number of ether oxygens (including phenoxy) is 1. The van der Waals surface area contributed by atoms with E-state index in [1.807, 2.05) is 37.4 Å². The van der Waals surface area contributed by atoms with Gasteiger partial charge in [-0.2, -0.15) is 10.2 Å². The highest BCUT2D eigenvalue weighted by atomic mass is 35.5. The van der Waals surface area contributed by atoms with Crippen molar-refractivity contribution in [2.75, 3.05) is 12.8 Å². The number of anilines is 1. The molecule has 0 fully saturated rings. The molecule has 2 heterocycles. The van der Waals surface area contributed by atoms with E-state index in [4.69, 9.17) is 22.1 Å². The molecule has 0 spiro atoms. The van der Waals surface area contributed by atoms with Crippen LogP contribution in [0.4, 0.5) is 5.82 Å². The smallest absolute Gasteiger partial charge is 0.271 e. The Balaban J connectivity index is 1.72. The predicted molar refractivity (Wildman–Crippen MR) is 94.0 cm³/mol. The van der Waals surface area contributed by atoms with E-state index in [-0.39, 0.29) is 28.5 Å². The number of aromatic nitrogens is 4. The molecule has 0 radical (unpaired) electrons. The molecule has 2 aromatic heterocycles. The largest absolute Gasteiger partial charge is 0.497 e. The lowest BCUT2D eigenvalue weighted by atomic mass is 10.2. The Hall–Kier alpha value is -3.00. The van der Waals surface area contributed by atoms with Crippen molar-refractivity contribution in [1.82, 2.24) is 25.3 Å². The van der Waals surface area contributed by atoms with E-state index in [9.17, 15) is 4.79 Å². The lowest BCUT2D eigenvalue weighted by molar-refractivity contribution is 0.0935. The summed E-state index contributed by atoms with van der Waals surface area (Å²) in [6, 6.07) is 7.22. The van der Waals surface area contributed by atoms with Crippen LogP contribution in [0.15, 0.2) is 36.7 Å². The van der Waals surface area contributed by atoms with Crippen LogP contribution in [0, 0.1) is 0 Å².